The second kappa shape index (κ2) is 5.93. The molecule has 0 bridgehead atoms. The van der Waals surface area contributed by atoms with Crippen LogP contribution in [0.5, 0.6) is 0 Å². The van der Waals surface area contributed by atoms with Crippen molar-refractivity contribution in [3.05, 3.63) is 65.1 Å². The zero-order valence-corrected chi connectivity index (χ0v) is 13.3. The van der Waals surface area contributed by atoms with Gasteiger partial charge in [0, 0.05) is 6.20 Å². The lowest BCUT2D eigenvalue weighted by atomic mass is 10.1. The SMILES string of the molecule is Cc1ccc(C)c(-n2ncc(Nc3ncccc3C#N)c2C)c1. The van der Waals surface area contributed by atoms with E-state index in [1.54, 1.807) is 24.5 Å². The maximum absolute atomic E-state index is 9.17. The van der Waals surface area contributed by atoms with E-state index in [-0.39, 0.29) is 0 Å². The standard InChI is InChI=1S/C18H17N5/c1-12-6-7-13(2)17(9-12)23-14(3)16(11-21-23)22-18-15(10-19)5-4-8-20-18/h4-9,11H,1-3H3,(H,20,22). The largest absolute Gasteiger partial charge is 0.336 e. The van der Waals surface area contributed by atoms with E-state index in [1.165, 1.54) is 5.56 Å². The van der Waals surface area contributed by atoms with Crippen LogP contribution in [0.25, 0.3) is 5.69 Å². The third-order valence-electron chi connectivity index (χ3n) is 3.78. The fourth-order valence-corrected chi connectivity index (χ4v) is 2.45. The summed E-state index contributed by atoms with van der Waals surface area (Å²) in [6, 6.07) is 11.9. The Bertz CT molecular complexity index is 902. The lowest BCUT2D eigenvalue weighted by molar-refractivity contribution is 0.839. The van der Waals surface area contributed by atoms with Crippen LogP contribution in [-0.4, -0.2) is 14.8 Å². The van der Waals surface area contributed by atoms with Crippen molar-refractivity contribution in [3.63, 3.8) is 0 Å². The summed E-state index contributed by atoms with van der Waals surface area (Å²) in [5.74, 6) is 0.540. The summed E-state index contributed by atoms with van der Waals surface area (Å²) in [6.07, 6.45) is 3.42. The van der Waals surface area contributed by atoms with Crippen molar-refractivity contribution < 1.29 is 0 Å². The number of nitrogens with zero attached hydrogens (tertiary/aromatic N) is 4. The summed E-state index contributed by atoms with van der Waals surface area (Å²) >= 11 is 0. The Hall–Kier alpha value is -3.13. The number of pyridine rings is 1. The summed E-state index contributed by atoms with van der Waals surface area (Å²) < 4.78 is 1.90. The number of nitrogens with one attached hydrogen (secondary N) is 1. The molecule has 5 heteroatoms. The molecule has 2 heterocycles. The quantitative estimate of drug-likeness (QED) is 0.799. The first-order chi connectivity index (χ1) is 11.1. The van der Waals surface area contributed by atoms with Crippen molar-refractivity contribution in [2.75, 3.05) is 5.32 Å². The minimum atomic E-state index is 0.506. The van der Waals surface area contributed by atoms with Gasteiger partial charge in [0.15, 0.2) is 0 Å². The molecule has 0 radical (unpaired) electrons. The van der Waals surface area contributed by atoms with Crippen LogP contribution in [0.1, 0.15) is 22.4 Å². The molecule has 3 rings (SSSR count). The number of aromatic nitrogens is 3. The van der Waals surface area contributed by atoms with Gasteiger partial charge in [-0.25, -0.2) is 9.67 Å². The molecular weight excluding hydrogens is 286 g/mol. The van der Waals surface area contributed by atoms with Crippen molar-refractivity contribution in [2.45, 2.75) is 20.8 Å². The van der Waals surface area contributed by atoms with E-state index in [1.807, 2.05) is 11.6 Å². The Morgan fingerprint density at radius 1 is 1.17 bits per heavy atom. The summed E-state index contributed by atoms with van der Waals surface area (Å²) in [5, 5.41) is 16.8. The third-order valence-corrected chi connectivity index (χ3v) is 3.78. The lowest BCUT2D eigenvalue weighted by Gasteiger charge is -2.10. The number of hydrogen-bond acceptors (Lipinski definition) is 4. The van der Waals surface area contributed by atoms with Gasteiger partial charge >= 0.3 is 0 Å². The Morgan fingerprint density at radius 3 is 2.78 bits per heavy atom. The van der Waals surface area contributed by atoms with Crippen LogP contribution < -0.4 is 5.32 Å². The highest BCUT2D eigenvalue weighted by molar-refractivity contribution is 5.64. The van der Waals surface area contributed by atoms with E-state index < -0.39 is 0 Å². The van der Waals surface area contributed by atoms with Gasteiger partial charge in [0.1, 0.15) is 11.9 Å². The number of rotatable bonds is 3. The molecule has 1 N–H and O–H groups in total. The molecule has 5 nitrogen and oxygen atoms in total. The van der Waals surface area contributed by atoms with Crippen molar-refractivity contribution in [1.82, 2.24) is 14.8 Å². The van der Waals surface area contributed by atoms with Crippen molar-refractivity contribution >= 4 is 11.5 Å². The molecule has 114 valence electrons. The number of hydrogen-bond donors (Lipinski definition) is 1. The van der Waals surface area contributed by atoms with Crippen molar-refractivity contribution in [1.29, 1.82) is 5.26 Å². The molecule has 1 aromatic carbocycles. The zero-order chi connectivity index (χ0) is 16.4. The Labute approximate surface area is 135 Å². The first kappa shape index (κ1) is 14.8. The Morgan fingerprint density at radius 2 is 2.00 bits per heavy atom. The van der Waals surface area contributed by atoms with E-state index in [2.05, 4.69) is 53.5 Å². The molecule has 0 aliphatic heterocycles. The zero-order valence-electron chi connectivity index (χ0n) is 13.3. The first-order valence-corrected chi connectivity index (χ1v) is 7.34. The lowest BCUT2D eigenvalue weighted by Crippen LogP contribution is -2.03. The van der Waals surface area contributed by atoms with Crippen LogP contribution in [0.4, 0.5) is 11.5 Å². The molecule has 23 heavy (non-hydrogen) atoms. The van der Waals surface area contributed by atoms with Crippen LogP contribution in [0.15, 0.2) is 42.7 Å². The number of benzene rings is 1. The van der Waals surface area contributed by atoms with E-state index in [0.717, 1.165) is 22.6 Å². The summed E-state index contributed by atoms with van der Waals surface area (Å²) in [7, 11) is 0. The number of nitriles is 1. The predicted molar refractivity (Wildman–Crippen MR) is 90.0 cm³/mol. The molecule has 0 aliphatic carbocycles. The van der Waals surface area contributed by atoms with Gasteiger partial charge in [0.05, 0.1) is 28.8 Å². The molecule has 0 atom stereocenters. The minimum absolute atomic E-state index is 0.506. The summed E-state index contributed by atoms with van der Waals surface area (Å²) in [6.45, 7) is 6.12. The van der Waals surface area contributed by atoms with Gasteiger partial charge in [-0.3, -0.25) is 0 Å². The van der Waals surface area contributed by atoms with E-state index in [9.17, 15) is 0 Å². The number of aryl methyl sites for hydroxylation is 2. The second-order valence-electron chi connectivity index (χ2n) is 5.48. The van der Waals surface area contributed by atoms with Gasteiger partial charge in [-0.05, 0) is 50.1 Å². The van der Waals surface area contributed by atoms with E-state index in [0.29, 0.717) is 11.4 Å². The maximum atomic E-state index is 9.17. The monoisotopic (exact) mass is 303 g/mol. The summed E-state index contributed by atoms with van der Waals surface area (Å²) in [5.41, 5.74) is 5.70. The Kier molecular flexibility index (Phi) is 3.82. The van der Waals surface area contributed by atoms with Gasteiger partial charge < -0.3 is 5.32 Å². The average Bonchev–Trinajstić information content (AvgIpc) is 2.91. The van der Waals surface area contributed by atoms with Gasteiger partial charge in [-0.2, -0.15) is 10.4 Å². The topological polar surface area (TPSA) is 66.5 Å². The third kappa shape index (κ3) is 2.79. The van der Waals surface area contributed by atoms with Gasteiger partial charge in [0.2, 0.25) is 0 Å². The molecule has 3 aromatic rings. The van der Waals surface area contributed by atoms with Crippen LogP contribution >= 0.6 is 0 Å². The molecule has 0 saturated carbocycles. The van der Waals surface area contributed by atoms with E-state index in [4.69, 9.17) is 5.26 Å². The molecule has 2 aromatic heterocycles. The first-order valence-electron chi connectivity index (χ1n) is 7.34. The highest BCUT2D eigenvalue weighted by atomic mass is 15.3. The van der Waals surface area contributed by atoms with Gasteiger partial charge in [-0.1, -0.05) is 12.1 Å². The normalized spacial score (nSPS) is 10.3. The molecular formula is C18H17N5. The minimum Gasteiger partial charge on any atom is -0.336 e. The highest BCUT2D eigenvalue weighted by Gasteiger charge is 2.12. The predicted octanol–water partition coefficient (Wildman–Crippen LogP) is 3.81. The second-order valence-corrected chi connectivity index (χ2v) is 5.48. The van der Waals surface area contributed by atoms with Crippen molar-refractivity contribution in [2.24, 2.45) is 0 Å². The summed E-state index contributed by atoms with van der Waals surface area (Å²) in [4.78, 5) is 4.23. The van der Waals surface area contributed by atoms with Crippen molar-refractivity contribution in [3.8, 4) is 11.8 Å². The van der Waals surface area contributed by atoms with Gasteiger partial charge in [-0.15, -0.1) is 0 Å². The fourth-order valence-electron chi connectivity index (χ4n) is 2.45. The Balaban J connectivity index is 2.00. The van der Waals surface area contributed by atoms with Crippen LogP contribution in [-0.2, 0) is 0 Å². The van der Waals surface area contributed by atoms with E-state index >= 15 is 0 Å². The molecule has 0 fully saturated rings. The van der Waals surface area contributed by atoms with Crippen LogP contribution in [0.3, 0.4) is 0 Å². The molecule has 0 saturated heterocycles. The smallest absolute Gasteiger partial charge is 0.148 e. The van der Waals surface area contributed by atoms with Gasteiger partial charge in [0.25, 0.3) is 0 Å². The molecule has 0 unspecified atom stereocenters. The molecule has 0 amide bonds. The van der Waals surface area contributed by atoms with Crippen LogP contribution in [0.2, 0.25) is 0 Å². The fraction of sp³-hybridized carbons (Fsp3) is 0.167. The van der Waals surface area contributed by atoms with Crippen LogP contribution in [0, 0.1) is 32.1 Å². The molecule has 0 spiro atoms. The maximum Gasteiger partial charge on any atom is 0.148 e. The average molecular weight is 303 g/mol. The highest BCUT2D eigenvalue weighted by Crippen LogP contribution is 2.25. The number of anilines is 2. The molecule has 0 aliphatic rings.